The van der Waals surface area contributed by atoms with Gasteiger partial charge in [0.05, 0.1) is 23.3 Å². The van der Waals surface area contributed by atoms with Crippen LogP contribution in [0.15, 0.2) is 168 Å². The van der Waals surface area contributed by atoms with E-state index in [0.717, 1.165) is 11.3 Å². The second kappa shape index (κ2) is 14.5. The number of hydrogen-bond acceptors (Lipinski definition) is 3. The SMILES string of the molecule is C=NCc1ccc(-n2c3ccccc3c3cc4sc5ccccc5c4cc32)cc1.C=N\C(=C/C=C\C=C/C=C/C)c1ccccc1. The van der Waals surface area contributed by atoms with Gasteiger partial charge in [-0.3, -0.25) is 9.98 Å². The molecule has 0 atom stereocenters. The maximum Gasteiger partial charge on any atom is 0.0694 e. The largest absolute Gasteiger partial charge is 0.309 e. The van der Waals surface area contributed by atoms with Crippen molar-refractivity contribution in [3.8, 4) is 5.69 Å². The van der Waals surface area contributed by atoms with Gasteiger partial charge in [-0.2, -0.15) is 0 Å². The summed E-state index contributed by atoms with van der Waals surface area (Å²) in [6.07, 6.45) is 13.8. The molecule has 5 aromatic carbocycles. The van der Waals surface area contributed by atoms with Crippen molar-refractivity contribution >= 4 is 72.4 Å². The molecule has 0 aliphatic heterocycles. The highest BCUT2D eigenvalue weighted by Crippen LogP contribution is 2.40. The summed E-state index contributed by atoms with van der Waals surface area (Å²) in [7, 11) is 0. The Balaban J connectivity index is 0.000000188. The minimum absolute atomic E-state index is 0.648. The molecule has 3 nitrogen and oxygen atoms in total. The summed E-state index contributed by atoms with van der Waals surface area (Å²) >= 11 is 1.87. The summed E-state index contributed by atoms with van der Waals surface area (Å²) in [5.41, 5.74) is 6.78. The smallest absolute Gasteiger partial charge is 0.0694 e. The van der Waals surface area contributed by atoms with Crippen LogP contribution in [0.4, 0.5) is 0 Å². The molecule has 0 saturated heterocycles. The van der Waals surface area contributed by atoms with Crippen molar-refractivity contribution in [2.75, 3.05) is 0 Å². The van der Waals surface area contributed by atoms with E-state index in [9.17, 15) is 0 Å². The van der Waals surface area contributed by atoms with Crippen LogP contribution in [0.2, 0.25) is 0 Å². The quantitative estimate of drug-likeness (QED) is 0.121. The first kappa shape index (κ1) is 30.4. The van der Waals surface area contributed by atoms with Gasteiger partial charge >= 0.3 is 0 Å². The van der Waals surface area contributed by atoms with Crippen molar-refractivity contribution in [1.29, 1.82) is 0 Å². The lowest BCUT2D eigenvalue weighted by Crippen LogP contribution is -1.94. The third-order valence-electron chi connectivity index (χ3n) is 7.79. The molecule has 0 aliphatic rings. The Morgan fingerprint density at radius 1 is 0.652 bits per heavy atom. The average molecular weight is 614 g/mol. The van der Waals surface area contributed by atoms with Crippen LogP contribution in [0.1, 0.15) is 18.1 Å². The number of rotatable bonds is 8. The molecule has 0 N–H and O–H groups in total. The van der Waals surface area contributed by atoms with Gasteiger partial charge in [0, 0.05) is 42.2 Å². The number of nitrogens with zero attached hydrogens (tertiary/aromatic N) is 3. The van der Waals surface area contributed by atoms with Gasteiger partial charge in [-0.05, 0) is 68.4 Å². The van der Waals surface area contributed by atoms with Gasteiger partial charge in [0.1, 0.15) is 0 Å². The van der Waals surface area contributed by atoms with Crippen molar-refractivity contribution in [1.82, 2.24) is 4.57 Å². The van der Waals surface area contributed by atoms with E-state index in [1.807, 2.05) is 91.1 Å². The van der Waals surface area contributed by atoms with Crippen molar-refractivity contribution < 1.29 is 0 Å². The van der Waals surface area contributed by atoms with Crippen LogP contribution < -0.4 is 0 Å². The number of thiophene rings is 1. The highest BCUT2D eigenvalue weighted by atomic mass is 32.1. The minimum atomic E-state index is 0.648. The number of allylic oxidation sites excluding steroid dienone is 7. The third-order valence-corrected chi connectivity index (χ3v) is 8.92. The average Bonchev–Trinajstić information content (AvgIpc) is 3.63. The lowest BCUT2D eigenvalue weighted by Gasteiger charge is -2.09. The Bertz CT molecular complexity index is 2260. The van der Waals surface area contributed by atoms with E-state index in [0.29, 0.717) is 6.54 Å². The molecule has 46 heavy (non-hydrogen) atoms. The number of aliphatic imine (C=N–C) groups is 2. The summed E-state index contributed by atoms with van der Waals surface area (Å²) in [5, 5.41) is 5.25. The van der Waals surface area contributed by atoms with Gasteiger partial charge in [-0.25, -0.2) is 0 Å². The molecular formula is C42H35N3S. The number of hydrogen-bond donors (Lipinski definition) is 0. The Kier molecular flexibility index (Phi) is 9.58. The third kappa shape index (κ3) is 6.44. The molecule has 4 heteroatoms. The molecule has 0 radical (unpaired) electrons. The van der Waals surface area contributed by atoms with Gasteiger partial charge in [0.15, 0.2) is 0 Å². The molecular weight excluding hydrogens is 579 g/mol. The first-order valence-corrected chi connectivity index (χ1v) is 16.1. The highest BCUT2D eigenvalue weighted by molar-refractivity contribution is 7.25. The molecule has 0 unspecified atom stereocenters. The van der Waals surface area contributed by atoms with E-state index in [2.05, 4.69) is 113 Å². The van der Waals surface area contributed by atoms with Crippen LogP contribution in [0.5, 0.6) is 0 Å². The fraction of sp³-hybridized carbons (Fsp3) is 0.0476. The zero-order valence-electron chi connectivity index (χ0n) is 25.9. The zero-order valence-corrected chi connectivity index (χ0v) is 26.7. The molecule has 224 valence electrons. The zero-order chi connectivity index (χ0) is 31.7. The van der Waals surface area contributed by atoms with E-state index < -0.39 is 0 Å². The fourth-order valence-electron chi connectivity index (χ4n) is 5.64. The van der Waals surface area contributed by atoms with Gasteiger partial charge in [0.25, 0.3) is 0 Å². The minimum Gasteiger partial charge on any atom is -0.309 e. The molecule has 7 rings (SSSR count). The maximum absolute atomic E-state index is 4.01. The highest BCUT2D eigenvalue weighted by Gasteiger charge is 2.15. The Morgan fingerprint density at radius 3 is 2.11 bits per heavy atom. The van der Waals surface area contributed by atoms with E-state index in [-0.39, 0.29) is 0 Å². The Morgan fingerprint density at radius 2 is 1.35 bits per heavy atom. The van der Waals surface area contributed by atoms with Crippen LogP contribution in [-0.4, -0.2) is 18.0 Å². The van der Waals surface area contributed by atoms with Crippen molar-refractivity contribution in [2.24, 2.45) is 9.98 Å². The predicted octanol–water partition coefficient (Wildman–Crippen LogP) is 11.8. The number of fused-ring (bicyclic) bond motifs is 6. The van der Waals surface area contributed by atoms with E-state index in [1.165, 1.54) is 53.2 Å². The topological polar surface area (TPSA) is 29.6 Å². The van der Waals surface area contributed by atoms with Crippen molar-refractivity contribution in [2.45, 2.75) is 13.5 Å². The summed E-state index contributed by atoms with van der Waals surface area (Å²) in [6.45, 7) is 9.83. The normalized spacial score (nSPS) is 12.2. The predicted molar refractivity (Wildman–Crippen MR) is 204 cm³/mol. The van der Waals surface area contributed by atoms with Crippen molar-refractivity contribution in [3.63, 3.8) is 0 Å². The summed E-state index contributed by atoms with van der Waals surface area (Å²) in [6, 6.07) is 40.7. The first-order valence-electron chi connectivity index (χ1n) is 15.3. The number of benzene rings is 5. The van der Waals surface area contributed by atoms with Crippen LogP contribution in [0.3, 0.4) is 0 Å². The molecule has 0 aliphatic carbocycles. The summed E-state index contributed by atoms with van der Waals surface area (Å²) in [5.74, 6) is 0. The van der Waals surface area contributed by atoms with Gasteiger partial charge in [-0.1, -0.05) is 115 Å². The van der Waals surface area contributed by atoms with Crippen LogP contribution >= 0.6 is 11.3 Å². The van der Waals surface area contributed by atoms with Crippen LogP contribution in [0, 0.1) is 0 Å². The fourth-order valence-corrected chi connectivity index (χ4v) is 6.77. The van der Waals surface area contributed by atoms with Crippen LogP contribution in [-0.2, 0) is 6.54 Å². The molecule has 0 spiro atoms. The van der Waals surface area contributed by atoms with Crippen molar-refractivity contribution in [3.05, 3.63) is 169 Å². The number of para-hydroxylation sites is 1. The molecule has 2 aromatic heterocycles. The second-order valence-corrected chi connectivity index (χ2v) is 11.8. The summed E-state index contributed by atoms with van der Waals surface area (Å²) < 4.78 is 5.06. The molecule has 0 fully saturated rings. The van der Waals surface area contributed by atoms with E-state index in [1.54, 1.807) is 0 Å². The van der Waals surface area contributed by atoms with Crippen LogP contribution in [0.25, 0.3) is 53.4 Å². The first-order chi connectivity index (χ1) is 22.7. The standard InChI is InChI=1S/C26H18N2S.C16H17N/c1-27-16-17-10-12-18(13-11-17)28-23-8-4-2-6-19(23)21-15-26-22(14-24(21)28)20-7-3-5-9-25(20)29-26;1-3-4-5-6-7-11-14-16(17-2)15-12-9-8-10-13-15/h2-15H,1,16H2;3-14H,2H2,1H3/b;4-3+,6-5-,11-7-,16-14-. The lowest BCUT2D eigenvalue weighted by atomic mass is 10.1. The molecule has 0 saturated carbocycles. The molecule has 0 amide bonds. The molecule has 2 heterocycles. The van der Waals surface area contributed by atoms with E-state index in [4.69, 9.17) is 0 Å². The number of aromatic nitrogens is 1. The Labute approximate surface area is 274 Å². The monoisotopic (exact) mass is 613 g/mol. The van der Waals surface area contributed by atoms with Gasteiger partial charge in [0.2, 0.25) is 0 Å². The van der Waals surface area contributed by atoms with Gasteiger partial charge < -0.3 is 4.57 Å². The maximum atomic E-state index is 4.01. The van der Waals surface area contributed by atoms with Gasteiger partial charge in [-0.15, -0.1) is 11.3 Å². The lowest BCUT2D eigenvalue weighted by molar-refractivity contribution is 1.07. The summed E-state index contributed by atoms with van der Waals surface area (Å²) in [4.78, 5) is 8.01. The second-order valence-electron chi connectivity index (χ2n) is 10.7. The molecule has 0 bridgehead atoms. The van der Waals surface area contributed by atoms with E-state index >= 15 is 0 Å². The molecule has 7 aromatic rings. The Hall–Kier alpha value is -5.58.